The maximum atomic E-state index is 12.9. The zero-order chi connectivity index (χ0) is 24.2. The third-order valence-corrected chi connectivity index (χ3v) is 5.69. The van der Waals surface area contributed by atoms with Crippen LogP contribution in [0.2, 0.25) is 0 Å². The van der Waals surface area contributed by atoms with Crippen molar-refractivity contribution in [3.05, 3.63) is 96.1 Å². The Balaban J connectivity index is 1.59. The molecule has 3 aromatic rings. The summed E-state index contributed by atoms with van der Waals surface area (Å²) in [7, 11) is 1.55. The first-order valence-corrected chi connectivity index (χ1v) is 11.7. The average Bonchev–Trinajstić information content (AvgIpc) is 2.87. The van der Waals surface area contributed by atoms with Gasteiger partial charge < -0.3 is 20.7 Å². The molecule has 1 atom stereocenters. The van der Waals surface area contributed by atoms with Crippen LogP contribution in [-0.2, 0) is 4.79 Å². The number of carbonyl (C=O) groups is 2. The van der Waals surface area contributed by atoms with Crippen molar-refractivity contribution in [3.63, 3.8) is 0 Å². The molecule has 0 saturated carbocycles. The summed E-state index contributed by atoms with van der Waals surface area (Å²) in [6, 6.07) is 26.7. The number of anilines is 1. The highest BCUT2D eigenvalue weighted by atomic mass is 16.5. The maximum Gasteiger partial charge on any atom is 0.319 e. The lowest BCUT2D eigenvalue weighted by molar-refractivity contribution is -0.123. The number of benzene rings is 3. The summed E-state index contributed by atoms with van der Waals surface area (Å²) in [4.78, 5) is 25.5. The Morgan fingerprint density at radius 3 is 2.00 bits per heavy atom. The lowest BCUT2D eigenvalue weighted by atomic mass is 9.88. The van der Waals surface area contributed by atoms with Crippen LogP contribution in [0.25, 0.3) is 0 Å². The SMILES string of the molecule is CCCC(NC(=O)Nc1ccccc1OC)C(=O)NCCC(c1ccccc1)c1ccccc1. The monoisotopic (exact) mass is 459 g/mol. The molecule has 0 spiro atoms. The van der Waals surface area contributed by atoms with E-state index in [1.54, 1.807) is 19.2 Å². The molecule has 3 aromatic carbocycles. The van der Waals surface area contributed by atoms with Gasteiger partial charge in [0.05, 0.1) is 12.8 Å². The Bertz CT molecular complexity index is 1000. The minimum Gasteiger partial charge on any atom is -0.495 e. The second-order valence-electron chi connectivity index (χ2n) is 8.09. The molecule has 178 valence electrons. The lowest BCUT2D eigenvalue weighted by Gasteiger charge is -2.21. The van der Waals surface area contributed by atoms with Crippen LogP contribution in [0.5, 0.6) is 5.75 Å². The van der Waals surface area contributed by atoms with Crippen molar-refractivity contribution in [2.45, 2.75) is 38.1 Å². The maximum absolute atomic E-state index is 12.9. The summed E-state index contributed by atoms with van der Waals surface area (Å²) in [5.74, 6) is 0.549. The molecule has 0 bridgehead atoms. The number of urea groups is 1. The van der Waals surface area contributed by atoms with Gasteiger partial charge in [0.25, 0.3) is 0 Å². The molecule has 6 nitrogen and oxygen atoms in total. The molecule has 0 aliphatic heterocycles. The van der Waals surface area contributed by atoms with E-state index in [0.29, 0.717) is 24.4 Å². The van der Waals surface area contributed by atoms with Crippen LogP contribution in [-0.4, -0.2) is 31.6 Å². The molecule has 3 amide bonds. The first kappa shape index (κ1) is 24.8. The standard InChI is InChI=1S/C28H33N3O3/c1-3-12-25(31-28(33)30-24-17-10-11-18-26(24)34-2)27(32)29-20-19-23(21-13-6-4-7-14-21)22-15-8-5-9-16-22/h4-11,13-18,23,25H,3,12,19-20H2,1-2H3,(H,29,32)(H2,30,31,33). The quantitative estimate of drug-likeness (QED) is 0.363. The van der Waals surface area contributed by atoms with Crippen molar-refractivity contribution in [1.29, 1.82) is 0 Å². The molecule has 1 unspecified atom stereocenters. The fourth-order valence-electron chi connectivity index (χ4n) is 3.98. The van der Waals surface area contributed by atoms with E-state index in [-0.39, 0.29) is 11.8 Å². The Labute approximate surface area is 201 Å². The normalized spacial score (nSPS) is 11.5. The Kier molecular flexibility index (Phi) is 9.52. The predicted molar refractivity (Wildman–Crippen MR) is 136 cm³/mol. The second kappa shape index (κ2) is 13.0. The van der Waals surface area contributed by atoms with Crippen molar-refractivity contribution >= 4 is 17.6 Å². The lowest BCUT2D eigenvalue weighted by Crippen LogP contribution is -2.48. The Morgan fingerprint density at radius 2 is 1.41 bits per heavy atom. The van der Waals surface area contributed by atoms with Gasteiger partial charge in [0.2, 0.25) is 5.91 Å². The van der Waals surface area contributed by atoms with E-state index in [9.17, 15) is 9.59 Å². The number of methoxy groups -OCH3 is 1. The average molecular weight is 460 g/mol. The van der Waals surface area contributed by atoms with E-state index in [1.807, 2.05) is 55.5 Å². The largest absolute Gasteiger partial charge is 0.495 e. The van der Waals surface area contributed by atoms with Crippen LogP contribution in [0.15, 0.2) is 84.9 Å². The highest BCUT2D eigenvalue weighted by Crippen LogP contribution is 2.27. The first-order chi connectivity index (χ1) is 16.6. The van der Waals surface area contributed by atoms with Gasteiger partial charge in [-0.05, 0) is 36.1 Å². The van der Waals surface area contributed by atoms with E-state index in [0.717, 1.165) is 12.8 Å². The van der Waals surface area contributed by atoms with Crippen LogP contribution in [0.3, 0.4) is 0 Å². The summed E-state index contributed by atoms with van der Waals surface area (Å²) >= 11 is 0. The number of nitrogens with one attached hydrogen (secondary N) is 3. The number of hydrogen-bond donors (Lipinski definition) is 3. The molecule has 6 heteroatoms. The number of para-hydroxylation sites is 2. The molecule has 3 N–H and O–H groups in total. The summed E-state index contributed by atoms with van der Waals surface area (Å²) in [6.45, 7) is 2.49. The van der Waals surface area contributed by atoms with Gasteiger partial charge in [0.1, 0.15) is 11.8 Å². The predicted octanol–water partition coefficient (Wildman–Crippen LogP) is 5.32. The highest BCUT2D eigenvalue weighted by molar-refractivity contribution is 5.94. The molecular weight excluding hydrogens is 426 g/mol. The number of rotatable bonds is 11. The first-order valence-electron chi connectivity index (χ1n) is 11.7. The molecule has 0 aliphatic rings. The van der Waals surface area contributed by atoms with Gasteiger partial charge in [-0.3, -0.25) is 4.79 Å². The Hall–Kier alpha value is -3.80. The van der Waals surface area contributed by atoms with Crippen LogP contribution < -0.4 is 20.7 Å². The highest BCUT2D eigenvalue weighted by Gasteiger charge is 2.21. The number of amides is 3. The van der Waals surface area contributed by atoms with Crippen LogP contribution in [0.1, 0.15) is 43.2 Å². The minimum atomic E-state index is -0.619. The third kappa shape index (κ3) is 7.10. The fourth-order valence-corrected chi connectivity index (χ4v) is 3.98. The van der Waals surface area contributed by atoms with Crippen molar-refractivity contribution < 1.29 is 14.3 Å². The summed E-state index contributed by atoms with van der Waals surface area (Å²) < 4.78 is 5.27. The minimum absolute atomic E-state index is 0.175. The van der Waals surface area contributed by atoms with Crippen molar-refractivity contribution in [3.8, 4) is 5.75 Å². The molecule has 0 fully saturated rings. The van der Waals surface area contributed by atoms with Crippen molar-refractivity contribution in [2.24, 2.45) is 0 Å². The summed E-state index contributed by atoms with van der Waals surface area (Å²) in [5, 5.41) is 8.59. The van der Waals surface area contributed by atoms with Gasteiger partial charge in [-0.15, -0.1) is 0 Å². The molecule has 34 heavy (non-hydrogen) atoms. The van der Waals surface area contributed by atoms with E-state index in [2.05, 4.69) is 40.2 Å². The van der Waals surface area contributed by atoms with Crippen LogP contribution in [0.4, 0.5) is 10.5 Å². The van der Waals surface area contributed by atoms with Gasteiger partial charge in [-0.2, -0.15) is 0 Å². The van der Waals surface area contributed by atoms with Crippen molar-refractivity contribution in [1.82, 2.24) is 10.6 Å². The fraction of sp³-hybridized carbons (Fsp3) is 0.286. The number of hydrogen-bond acceptors (Lipinski definition) is 3. The Morgan fingerprint density at radius 1 is 0.824 bits per heavy atom. The summed E-state index contributed by atoms with van der Waals surface area (Å²) in [6.07, 6.45) is 2.07. The summed E-state index contributed by atoms with van der Waals surface area (Å²) in [5.41, 5.74) is 2.97. The molecular formula is C28H33N3O3. The molecule has 0 radical (unpaired) electrons. The smallest absolute Gasteiger partial charge is 0.319 e. The molecule has 0 heterocycles. The topological polar surface area (TPSA) is 79.5 Å². The van der Waals surface area contributed by atoms with Crippen molar-refractivity contribution in [2.75, 3.05) is 19.0 Å². The number of carbonyl (C=O) groups excluding carboxylic acids is 2. The van der Waals surface area contributed by atoms with E-state index in [4.69, 9.17) is 4.74 Å². The van der Waals surface area contributed by atoms with Gasteiger partial charge in [0, 0.05) is 12.5 Å². The number of ether oxygens (including phenoxy) is 1. The van der Waals surface area contributed by atoms with Gasteiger partial charge in [-0.1, -0.05) is 86.1 Å². The van der Waals surface area contributed by atoms with E-state index < -0.39 is 12.1 Å². The van der Waals surface area contributed by atoms with E-state index in [1.165, 1.54) is 11.1 Å². The zero-order valence-corrected chi connectivity index (χ0v) is 19.8. The molecule has 0 aromatic heterocycles. The molecule has 0 saturated heterocycles. The second-order valence-corrected chi connectivity index (χ2v) is 8.09. The molecule has 3 rings (SSSR count). The van der Waals surface area contributed by atoms with Gasteiger partial charge in [-0.25, -0.2) is 4.79 Å². The third-order valence-electron chi connectivity index (χ3n) is 5.69. The van der Waals surface area contributed by atoms with Crippen LogP contribution in [0, 0.1) is 0 Å². The van der Waals surface area contributed by atoms with Gasteiger partial charge >= 0.3 is 6.03 Å². The zero-order valence-electron chi connectivity index (χ0n) is 19.8. The van der Waals surface area contributed by atoms with Gasteiger partial charge in [0.15, 0.2) is 0 Å². The molecule has 0 aliphatic carbocycles. The van der Waals surface area contributed by atoms with E-state index >= 15 is 0 Å². The van der Waals surface area contributed by atoms with Crippen LogP contribution >= 0.6 is 0 Å².